The van der Waals surface area contributed by atoms with Gasteiger partial charge in [0.05, 0.1) is 12.4 Å². The molecule has 21 heavy (non-hydrogen) atoms. The highest BCUT2D eigenvalue weighted by Gasteiger charge is 2.28. The Balaban J connectivity index is 1.87. The Morgan fingerprint density at radius 3 is 2.81 bits per heavy atom. The molecule has 0 radical (unpaired) electrons. The fourth-order valence-electron chi connectivity index (χ4n) is 2.15. The predicted molar refractivity (Wildman–Crippen MR) is 82.5 cm³/mol. The molecular weight excluding hydrogens is 288 g/mol. The van der Waals surface area contributed by atoms with Gasteiger partial charge in [-0.25, -0.2) is 0 Å². The molecule has 1 aliphatic heterocycles. The van der Waals surface area contributed by atoms with Crippen LogP contribution in [0.1, 0.15) is 13.8 Å². The maximum absolute atomic E-state index is 12.2. The number of ether oxygens (including phenoxy) is 1. The normalized spacial score (nSPS) is 18.3. The molecule has 1 aliphatic rings. The maximum atomic E-state index is 12.2. The lowest BCUT2D eigenvalue weighted by atomic mass is 10.2. The standard InChI is InChI=1S/C15H20N2O3S/c1-3-20-12-4-6-13(7-5-12)21-10-14(18)17-9-8-16-15(19)11(17)2/h4-7,11H,3,8-10H2,1-2H3,(H,16,19). The molecule has 1 aromatic carbocycles. The van der Waals surface area contributed by atoms with E-state index in [2.05, 4.69) is 5.32 Å². The lowest BCUT2D eigenvalue weighted by molar-refractivity contribution is -0.140. The topological polar surface area (TPSA) is 58.6 Å². The number of amides is 2. The Morgan fingerprint density at radius 1 is 1.43 bits per heavy atom. The summed E-state index contributed by atoms with van der Waals surface area (Å²) in [4.78, 5) is 26.4. The molecule has 0 aromatic heterocycles. The molecule has 2 rings (SSSR count). The fraction of sp³-hybridized carbons (Fsp3) is 0.467. The zero-order chi connectivity index (χ0) is 15.2. The fourth-order valence-corrected chi connectivity index (χ4v) is 2.93. The van der Waals surface area contributed by atoms with Gasteiger partial charge in [0.25, 0.3) is 0 Å². The number of carbonyl (C=O) groups is 2. The molecule has 1 aromatic rings. The van der Waals surface area contributed by atoms with Crippen molar-refractivity contribution in [2.75, 3.05) is 25.4 Å². The number of thioether (sulfide) groups is 1. The van der Waals surface area contributed by atoms with E-state index in [0.29, 0.717) is 25.4 Å². The number of nitrogens with zero attached hydrogens (tertiary/aromatic N) is 1. The molecule has 2 amide bonds. The van der Waals surface area contributed by atoms with Gasteiger partial charge in [-0.2, -0.15) is 0 Å². The molecule has 1 heterocycles. The summed E-state index contributed by atoms with van der Waals surface area (Å²) >= 11 is 1.47. The highest BCUT2D eigenvalue weighted by molar-refractivity contribution is 8.00. The monoisotopic (exact) mass is 308 g/mol. The highest BCUT2D eigenvalue weighted by atomic mass is 32.2. The van der Waals surface area contributed by atoms with Crippen LogP contribution in [0.4, 0.5) is 0 Å². The van der Waals surface area contributed by atoms with Crippen molar-refractivity contribution in [1.29, 1.82) is 0 Å². The molecule has 6 heteroatoms. The average Bonchev–Trinajstić information content (AvgIpc) is 2.49. The quantitative estimate of drug-likeness (QED) is 0.838. The van der Waals surface area contributed by atoms with Crippen LogP contribution in [0, 0.1) is 0 Å². The van der Waals surface area contributed by atoms with E-state index >= 15 is 0 Å². The number of nitrogens with one attached hydrogen (secondary N) is 1. The van der Waals surface area contributed by atoms with E-state index in [9.17, 15) is 9.59 Å². The number of carbonyl (C=O) groups excluding carboxylic acids is 2. The largest absolute Gasteiger partial charge is 0.494 e. The van der Waals surface area contributed by atoms with E-state index < -0.39 is 0 Å². The smallest absolute Gasteiger partial charge is 0.242 e. The third-order valence-corrected chi connectivity index (χ3v) is 4.31. The number of rotatable bonds is 5. The van der Waals surface area contributed by atoms with Crippen LogP contribution < -0.4 is 10.1 Å². The lowest BCUT2D eigenvalue weighted by Gasteiger charge is -2.32. The number of hydrogen-bond donors (Lipinski definition) is 1. The van der Waals surface area contributed by atoms with Gasteiger partial charge >= 0.3 is 0 Å². The predicted octanol–water partition coefficient (Wildman–Crippen LogP) is 1.52. The van der Waals surface area contributed by atoms with Crippen molar-refractivity contribution in [2.24, 2.45) is 0 Å². The van der Waals surface area contributed by atoms with E-state index in [0.717, 1.165) is 10.6 Å². The molecule has 0 spiro atoms. The van der Waals surface area contributed by atoms with Crippen molar-refractivity contribution in [3.05, 3.63) is 24.3 Å². The molecule has 1 fully saturated rings. The molecule has 1 saturated heterocycles. The third kappa shape index (κ3) is 4.14. The number of benzene rings is 1. The van der Waals surface area contributed by atoms with E-state index in [1.165, 1.54) is 11.8 Å². The first-order valence-corrected chi connectivity index (χ1v) is 8.03. The Morgan fingerprint density at radius 2 is 2.14 bits per heavy atom. The van der Waals surface area contributed by atoms with Crippen molar-refractivity contribution in [3.63, 3.8) is 0 Å². The van der Waals surface area contributed by atoms with Gasteiger partial charge in [0, 0.05) is 18.0 Å². The van der Waals surface area contributed by atoms with Crippen LogP contribution in [0.15, 0.2) is 29.2 Å². The molecule has 5 nitrogen and oxygen atoms in total. The van der Waals surface area contributed by atoms with Crippen LogP contribution >= 0.6 is 11.8 Å². The van der Waals surface area contributed by atoms with Gasteiger partial charge in [0.1, 0.15) is 11.8 Å². The lowest BCUT2D eigenvalue weighted by Crippen LogP contribution is -2.56. The number of piperazine rings is 1. The van der Waals surface area contributed by atoms with Gasteiger partial charge in [-0.15, -0.1) is 11.8 Å². The SMILES string of the molecule is CCOc1ccc(SCC(=O)N2CCNC(=O)C2C)cc1. The minimum atomic E-state index is -0.382. The molecule has 0 bridgehead atoms. The Kier molecular flexibility index (Phi) is 5.50. The van der Waals surface area contributed by atoms with E-state index in [-0.39, 0.29) is 17.9 Å². The average molecular weight is 308 g/mol. The summed E-state index contributed by atoms with van der Waals surface area (Å²) in [7, 11) is 0. The molecule has 0 aliphatic carbocycles. The molecule has 0 saturated carbocycles. The second-order valence-corrected chi connectivity index (χ2v) is 5.80. The first kappa shape index (κ1) is 15.7. The van der Waals surface area contributed by atoms with Crippen LogP contribution in [0.3, 0.4) is 0 Å². The van der Waals surface area contributed by atoms with E-state index in [1.807, 2.05) is 31.2 Å². The zero-order valence-electron chi connectivity index (χ0n) is 12.3. The second kappa shape index (κ2) is 7.36. The Hall–Kier alpha value is -1.69. The van der Waals surface area contributed by atoms with Gasteiger partial charge in [-0.05, 0) is 38.1 Å². The molecule has 114 valence electrons. The minimum absolute atomic E-state index is 0.00349. The zero-order valence-corrected chi connectivity index (χ0v) is 13.1. The van der Waals surface area contributed by atoms with Gasteiger partial charge in [0.2, 0.25) is 11.8 Å². The Bertz CT molecular complexity index is 504. The highest BCUT2D eigenvalue weighted by Crippen LogP contribution is 2.22. The molecule has 1 unspecified atom stereocenters. The van der Waals surface area contributed by atoms with Gasteiger partial charge < -0.3 is 15.0 Å². The van der Waals surface area contributed by atoms with Crippen LogP contribution in [-0.2, 0) is 9.59 Å². The van der Waals surface area contributed by atoms with Crippen molar-refractivity contribution >= 4 is 23.6 Å². The maximum Gasteiger partial charge on any atom is 0.242 e. The summed E-state index contributed by atoms with van der Waals surface area (Å²) in [5, 5.41) is 2.76. The van der Waals surface area contributed by atoms with Crippen LogP contribution in [-0.4, -0.2) is 48.2 Å². The van der Waals surface area contributed by atoms with Crippen molar-refractivity contribution in [2.45, 2.75) is 24.8 Å². The first-order chi connectivity index (χ1) is 10.1. The summed E-state index contributed by atoms with van der Waals surface area (Å²) in [6, 6.07) is 7.29. The van der Waals surface area contributed by atoms with Crippen LogP contribution in [0.5, 0.6) is 5.75 Å². The summed E-state index contributed by atoms with van der Waals surface area (Å²) in [6.45, 7) is 5.45. The van der Waals surface area contributed by atoms with Gasteiger partial charge in [0.15, 0.2) is 0 Å². The van der Waals surface area contributed by atoms with E-state index in [4.69, 9.17) is 4.74 Å². The summed E-state index contributed by atoms with van der Waals surface area (Å²) in [6.07, 6.45) is 0. The molecular formula is C15H20N2O3S. The van der Waals surface area contributed by atoms with Crippen molar-refractivity contribution in [1.82, 2.24) is 10.2 Å². The summed E-state index contributed by atoms with van der Waals surface area (Å²) in [5.41, 5.74) is 0. The number of hydrogen-bond acceptors (Lipinski definition) is 4. The summed E-state index contributed by atoms with van der Waals surface area (Å²) in [5.74, 6) is 1.08. The van der Waals surface area contributed by atoms with Crippen molar-refractivity contribution in [3.8, 4) is 5.75 Å². The first-order valence-electron chi connectivity index (χ1n) is 7.04. The minimum Gasteiger partial charge on any atom is -0.494 e. The third-order valence-electron chi connectivity index (χ3n) is 3.32. The van der Waals surface area contributed by atoms with E-state index in [1.54, 1.807) is 11.8 Å². The molecule has 1 atom stereocenters. The van der Waals surface area contributed by atoms with Crippen LogP contribution in [0.2, 0.25) is 0 Å². The van der Waals surface area contributed by atoms with Gasteiger partial charge in [-0.3, -0.25) is 9.59 Å². The second-order valence-electron chi connectivity index (χ2n) is 4.75. The Labute approximate surface area is 129 Å². The van der Waals surface area contributed by atoms with Crippen LogP contribution in [0.25, 0.3) is 0 Å². The van der Waals surface area contributed by atoms with Crippen molar-refractivity contribution < 1.29 is 14.3 Å². The summed E-state index contributed by atoms with van der Waals surface area (Å²) < 4.78 is 5.38. The molecule has 1 N–H and O–H groups in total. The van der Waals surface area contributed by atoms with Gasteiger partial charge in [-0.1, -0.05) is 0 Å².